The zero-order valence-electron chi connectivity index (χ0n) is 16.0. The summed E-state index contributed by atoms with van der Waals surface area (Å²) >= 11 is 0. The van der Waals surface area contributed by atoms with Crippen molar-refractivity contribution in [2.45, 2.75) is 44.9 Å². The number of carbonyl (C=O) groups is 2. The van der Waals surface area contributed by atoms with Gasteiger partial charge in [-0.3, -0.25) is 20.4 Å². The number of ether oxygens (including phenoxy) is 2. The summed E-state index contributed by atoms with van der Waals surface area (Å²) < 4.78 is 10.4. The lowest BCUT2D eigenvalue weighted by Gasteiger charge is -2.56. The third-order valence-electron chi connectivity index (χ3n) is 6.67. The topological polar surface area (TPSA) is 76.7 Å². The smallest absolute Gasteiger partial charge is 0.273 e. The summed E-state index contributed by atoms with van der Waals surface area (Å²) in [6.45, 7) is 0. The van der Waals surface area contributed by atoms with Crippen molar-refractivity contribution in [1.29, 1.82) is 0 Å². The van der Waals surface area contributed by atoms with Crippen LogP contribution in [0.4, 0.5) is 0 Å². The molecular formula is C21H28N2O4. The Morgan fingerprint density at radius 3 is 2.19 bits per heavy atom. The molecule has 0 aliphatic heterocycles. The Labute approximate surface area is 160 Å². The van der Waals surface area contributed by atoms with Crippen molar-refractivity contribution < 1.29 is 19.1 Å². The first-order valence-corrected chi connectivity index (χ1v) is 9.81. The Bertz CT molecular complexity index is 710. The lowest BCUT2D eigenvalue weighted by Crippen LogP contribution is -2.50. The molecule has 6 nitrogen and oxygen atoms in total. The maximum atomic E-state index is 12.6. The fourth-order valence-corrected chi connectivity index (χ4v) is 6.08. The van der Waals surface area contributed by atoms with Crippen LogP contribution in [0.3, 0.4) is 0 Å². The molecule has 5 rings (SSSR count). The van der Waals surface area contributed by atoms with Gasteiger partial charge >= 0.3 is 0 Å². The number of hydrazine groups is 1. The zero-order valence-corrected chi connectivity index (χ0v) is 16.0. The number of methoxy groups -OCH3 is 2. The molecule has 4 saturated carbocycles. The summed E-state index contributed by atoms with van der Waals surface area (Å²) in [4.78, 5) is 25.1. The Balaban J connectivity index is 1.36. The molecule has 0 radical (unpaired) electrons. The van der Waals surface area contributed by atoms with Crippen LogP contribution in [0.15, 0.2) is 18.2 Å². The Hall–Kier alpha value is -2.24. The van der Waals surface area contributed by atoms with Crippen LogP contribution < -0.4 is 20.3 Å². The normalized spacial score (nSPS) is 30.7. The Morgan fingerprint density at radius 2 is 1.63 bits per heavy atom. The van der Waals surface area contributed by atoms with Crippen LogP contribution in [0.5, 0.6) is 11.5 Å². The predicted octanol–water partition coefficient (Wildman–Crippen LogP) is 3.07. The molecule has 0 atom stereocenters. The van der Waals surface area contributed by atoms with Gasteiger partial charge in [-0.05, 0) is 79.9 Å². The molecule has 4 aliphatic rings. The molecule has 146 valence electrons. The molecule has 0 saturated heterocycles. The van der Waals surface area contributed by atoms with Gasteiger partial charge in [-0.1, -0.05) is 0 Å². The van der Waals surface area contributed by atoms with Gasteiger partial charge in [0.1, 0.15) is 11.5 Å². The highest BCUT2D eigenvalue weighted by molar-refractivity contribution is 5.98. The highest BCUT2D eigenvalue weighted by Crippen LogP contribution is 2.61. The largest absolute Gasteiger partial charge is 0.497 e. The standard InChI is InChI=1S/C21H28N2O4/c1-26-16-3-4-18(27-2)17(8-16)20(25)23-22-19(24)12-21-9-13-5-14(10-21)7-15(6-13)11-21/h3-4,8,13-15H,5-7,9-12H2,1-2H3,(H,22,24)(H,23,25). The van der Waals surface area contributed by atoms with E-state index in [0.29, 0.717) is 23.5 Å². The molecule has 1 aromatic rings. The minimum Gasteiger partial charge on any atom is -0.497 e. The molecule has 2 amide bonds. The molecule has 4 bridgehead atoms. The Morgan fingerprint density at radius 1 is 1.00 bits per heavy atom. The third-order valence-corrected chi connectivity index (χ3v) is 6.67. The summed E-state index contributed by atoms with van der Waals surface area (Å²) in [5.74, 6) is 2.89. The third kappa shape index (κ3) is 3.62. The highest BCUT2D eigenvalue weighted by atomic mass is 16.5. The Kier molecular flexibility index (Phi) is 4.74. The number of amides is 2. The van der Waals surface area contributed by atoms with E-state index in [-0.39, 0.29) is 11.3 Å². The van der Waals surface area contributed by atoms with Gasteiger partial charge in [0.15, 0.2) is 0 Å². The van der Waals surface area contributed by atoms with Crippen molar-refractivity contribution in [2.75, 3.05) is 14.2 Å². The van der Waals surface area contributed by atoms with Crippen LogP contribution in [0.1, 0.15) is 55.3 Å². The number of carbonyl (C=O) groups excluding carboxylic acids is 2. The fraction of sp³-hybridized carbons (Fsp3) is 0.619. The fourth-order valence-electron chi connectivity index (χ4n) is 6.08. The van der Waals surface area contributed by atoms with Gasteiger partial charge in [-0.2, -0.15) is 0 Å². The molecule has 0 aromatic heterocycles. The SMILES string of the molecule is COc1ccc(OC)c(C(=O)NNC(=O)CC23CC4CC(CC(C4)C2)C3)c1. The first-order chi connectivity index (χ1) is 13.0. The maximum absolute atomic E-state index is 12.6. The van der Waals surface area contributed by atoms with E-state index < -0.39 is 5.91 Å². The highest BCUT2D eigenvalue weighted by Gasteiger charge is 2.51. The molecule has 0 heterocycles. The van der Waals surface area contributed by atoms with E-state index in [1.165, 1.54) is 52.7 Å². The number of nitrogens with one attached hydrogen (secondary N) is 2. The van der Waals surface area contributed by atoms with Crippen LogP contribution in [0.25, 0.3) is 0 Å². The second-order valence-electron chi connectivity index (χ2n) is 8.66. The summed E-state index contributed by atoms with van der Waals surface area (Å²) in [7, 11) is 3.04. The van der Waals surface area contributed by atoms with Crippen molar-refractivity contribution in [3.05, 3.63) is 23.8 Å². The van der Waals surface area contributed by atoms with Crippen LogP contribution in [-0.4, -0.2) is 26.0 Å². The van der Waals surface area contributed by atoms with Gasteiger partial charge in [-0.15, -0.1) is 0 Å². The van der Waals surface area contributed by atoms with Crippen molar-refractivity contribution in [2.24, 2.45) is 23.2 Å². The van der Waals surface area contributed by atoms with Crippen molar-refractivity contribution in [1.82, 2.24) is 10.9 Å². The summed E-state index contributed by atoms with van der Waals surface area (Å²) in [5, 5.41) is 0. The first-order valence-electron chi connectivity index (χ1n) is 9.81. The van der Waals surface area contributed by atoms with Gasteiger partial charge in [0.2, 0.25) is 5.91 Å². The molecule has 1 aromatic carbocycles. The van der Waals surface area contributed by atoms with E-state index in [1.54, 1.807) is 18.2 Å². The van der Waals surface area contributed by atoms with Gasteiger partial charge in [0, 0.05) is 6.42 Å². The quantitative estimate of drug-likeness (QED) is 0.779. The van der Waals surface area contributed by atoms with E-state index in [2.05, 4.69) is 10.9 Å². The zero-order chi connectivity index (χ0) is 19.0. The molecule has 27 heavy (non-hydrogen) atoms. The van der Waals surface area contributed by atoms with E-state index in [9.17, 15) is 9.59 Å². The molecule has 6 heteroatoms. The average Bonchev–Trinajstić information content (AvgIpc) is 2.64. The van der Waals surface area contributed by atoms with Crippen molar-refractivity contribution >= 4 is 11.8 Å². The minimum absolute atomic E-state index is 0.104. The van der Waals surface area contributed by atoms with Gasteiger partial charge in [0.05, 0.1) is 19.8 Å². The monoisotopic (exact) mass is 372 g/mol. The summed E-state index contributed by atoms with van der Waals surface area (Å²) in [6.07, 6.45) is 8.08. The lowest BCUT2D eigenvalue weighted by atomic mass is 9.49. The molecule has 4 aliphatic carbocycles. The maximum Gasteiger partial charge on any atom is 0.273 e. The molecular weight excluding hydrogens is 344 g/mol. The van der Waals surface area contributed by atoms with Crippen LogP contribution >= 0.6 is 0 Å². The van der Waals surface area contributed by atoms with E-state index >= 15 is 0 Å². The summed E-state index contributed by atoms with van der Waals surface area (Å²) in [5.41, 5.74) is 5.62. The number of benzene rings is 1. The number of hydrogen-bond acceptors (Lipinski definition) is 4. The van der Waals surface area contributed by atoms with Gasteiger partial charge in [0.25, 0.3) is 5.91 Å². The number of rotatable bonds is 5. The molecule has 0 spiro atoms. The minimum atomic E-state index is -0.412. The van der Waals surface area contributed by atoms with E-state index in [0.717, 1.165) is 17.8 Å². The average molecular weight is 372 g/mol. The van der Waals surface area contributed by atoms with E-state index in [1.807, 2.05) is 0 Å². The molecule has 2 N–H and O–H groups in total. The van der Waals surface area contributed by atoms with Gasteiger partial charge < -0.3 is 9.47 Å². The lowest BCUT2D eigenvalue weighted by molar-refractivity contribution is -0.130. The van der Waals surface area contributed by atoms with Crippen LogP contribution in [0.2, 0.25) is 0 Å². The van der Waals surface area contributed by atoms with Crippen molar-refractivity contribution in [3.63, 3.8) is 0 Å². The van der Waals surface area contributed by atoms with Gasteiger partial charge in [-0.25, -0.2) is 0 Å². The summed E-state index contributed by atoms with van der Waals surface area (Å²) in [6, 6.07) is 4.99. The number of hydrogen-bond donors (Lipinski definition) is 2. The van der Waals surface area contributed by atoms with Crippen LogP contribution in [-0.2, 0) is 4.79 Å². The predicted molar refractivity (Wildman–Crippen MR) is 100 cm³/mol. The van der Waals surface area contributed by atoms with Crippen molar-refractivity contribution in [3.8, 4) is 11.5 Å². The second kappa shape index (κ2) is 7.06. The molecule has 4 fully saturated rings. The van der Waals surface area contributed by atoms with E-state index in [4.69, 9.17) is 9.47 Å². The second-order valence-corrected chi connectivity index (χ2v) is 8.66. The molecule has 0 unspecified atom stereocenters. The van der Waals surface area contributed by atoms with Crippen LogP contribution in [0, 0.1) is 23.2 Å². The first kappa shape index (κ1) is 18.1.